The van der Waals surface area contributed by atoms with Crippen molar-refractivity contribution in [1.29, 1.82) is 0 Å². The molecule has 0 aromatic heterocycles. The first-order chi connectivity index (χ1) is 20.9. The van der Waals surface area contributed by atoms with E-state index in [1.165, 1.54) is 23.4 Å². The van der Waals surface area contributed by atoms with Gasteiger partial charge in [0.15, 0.2) is 0 Å². The zero-order valence-electron chi connectivity index (χ0n) is 25.3. The lowest BCUT2D eigenvalue weighted by atomic mass is 9.83. The molecule has 0 amide bonds. The number of ether oxygens (including phenoxy) is 1. The Kier molecular flexibility index (Phi) is 8.15. The van der Waals surface area contributed by atoms with Gasteiger partial charge in [-0.1, -0.05) is 39.3 Å². The second-order valence-electron chi connectivity index (χ2n) is 12.1. The molecule has 6 rings (SSSR count). The van der Waals surface area contributed by atoms with Crippen LogP contribution in [0.5, 0.6) is 11.5 Å². The van der Waals surface area contributed by atoms with Crippen molar-refractivity contribution >= 4 is 38.1 Å². The molecule has 0 saturated heterocycles. The zero-order chi connectivity index (χ0) is 31.4. The molecular weight excluding hydrogens is 599 g/mol. The molecule has 3 aliphatic heterocycles. The summed E-state index contributed by atoms with van der Waals surface area (Å²) >= 11 is 0. The number of fused-ring (bicyclic) bond motifs is 3. The van der Waals surface area contributed by atoms with Gasteiger partial charge in [0.25, 0.3) is 20.2 Å². The van der Waals surface area contributed by atoms with Crippen LogP contribution in [0, 0.1) is 0 Å². The fraction of sp³-hybridized carbons (Fsp3) is 0.412. The van der Waals surface area contributed by atoms with Gasteiger partial charge in [-0.25, -0.2) is 0 Å². The molecule has 0 saturated carbocycles. The summed E-state index contributed by atoms with van der Waals surface area (Å²) in [5.74, 6) is 1.31. The highest BCUT2D eigenvalue weighted by molar-refractivity contribution is 7.86. The van der Waals surface area contributed by atoms with Gasteiger partial charge in [0.05, 0.1) is 4.90 Å². The first-order valence-electron chi connectivity index (χ1n) is 15.5. The van der Waals surface area contributed by atoms with Crippen molar-refractivity contribution in [3.63, 3.8) is 0 Å². The molecule has 44 heavy (non-hydrogen) atoms. The number of rotatable bonds is 9. The van der Waals surface area contributed by atoms with Crippen LogP contribution in [-0.2, 0) is 45.9 Å². The number of aryl methyl sites for hydroxylation is 2. The Labute approximate surface area is 259 Å². The predicted molar refractivity (Wildman–Crippen MR) is 171 cm³/mol. The Balaban J connectivity index is 1.79. The second-order valence-corrected chi connectivity index (χ2v) is 14.9. The lowest BCUT2D eigenvalue weighted by Gasteiger charge is -2.39. The number of anilines is 1. The minimum atomic E-state index is -4.92. The van der Waals surface area contributed by atoms with E-state index in [0.29, 0.717) is 22.3 Å². The summed E-state index contributed by atoms with van der Waals surface area (Å²) in [4.78, 5) is 1.22. The molecule has 3 heterocycles. The number of hydrogen-bond acceptors (Lipinski definition) is 6. The highest BCUT2D eigenvalue weighted by Gasteiger charge is 2.35. The number of nitrogens with zero attached hydrogens (tertiary/aromatic N) is 1. The van der Waals surface area contributed by atoms with Gasteiger partial charge in [-0.2, -0.15) is 16.8 Å². The molecule has 0 unspecified atom stereocenters. The molecule has 234 valence electrons. The van der Waals surface area contributed by atoms with Crippen molar-refractivity contribution in [1.82, 2.24) is 0 Å². The summed E-state index contributed by atoms with van der Waals surface area (Å²) in [6.07, 6.45) is 9.02. The summed E-state index contributed by atoms with van der Waals surface area (Å²) in [7, 11) is -9.65. The van der Waals surface area contributed by atoms with Crippen molar-refractivity contribution in [2.75, 3.05) is 18.0 Å². The third kappa shape index (κ3) is 5.36. The molecule has 10 heteroatoms. The standard InChI is InChI=1S/C34H39NO7S2/c1-4-6-10-22-18-28-31(26-15-14-24(43(36,37)38)20-30(26)44(39,40)41)29-19-23-11-8-16-35-17-9-13-27(32(23)35)34(29)42-33(28)25(21(22)3)12-7-5-2/h14-15,18-20H,3-13,16-17H2,1-2H3,(H,36,37,38)(H,39,40,41). The fourth-order valence-electron chi connectivity index (χ4n) is 7.08. The van der Waals surface area contributed by atoms with Crippen LogP contribution in [0.3, 0.4) is 0 Å². The van der Waals surface area contributed by atoms with Gasteiger partial charge >= 0.3 is 0 Å². The largest absolute Gasteiger partial charge is 0.455 e. The van der Waals surface area contributed by atoms with E-state index in [1.807, 2.05) is 6.07 Å². The Hall–Kier alpha value is -3.18. The summed E-state index contributed by atoms with van der Waals surface area (Å²) in [5.41, 5.74) is 6.94. The number of unbranched alkanes of at least 4 members (excludes halogenated alkanes) is 2. The Morgan fingerprint density at radius 2 is 1.57 bits per heavy atom. The van der Waals surface area contributed by atoms with Crippen LogP contribution in [0.25, 0.3) is 12.2 Å². The SMILES string of the molecule is C=c1c(CCCC)cc2c(c1CCCC)Oc1c(cc3c4c1CCCN4CCC3)C=2c1ccc(S(=O)(=O)O)cc1S(=O)(=O)O. The minimum Gasteiger partial charge on any atom is -0.455 e. The van der Waals surface area contributed by atoms with E-state index in [2.05, 4.69) is 31.4 Å². The molecule has 3 aromatic carbocycles. The van der Waals surface area contributed by atoms with Crippen molar-refractivity contribution in [2.24, 2.45) is 0 Å². The Morgan fingerprint density at radius 3 is 2.25 bits per heavy atom. The van der Waals surface area contributed by atoms with E-state index in [0.717, 1.165) is 111 Å². The third-order valence-electron chi connectivity index (χ3n) is 9.18. The molecule has 0 fully saturated rings. The molecule has 8 nitrogen and oxygen atoms in total. The lowest BCUT2D eigenvalue weighted by molar-refractivity contribution is 0.452. The maximum Gasteiger partial charge on any atom is 0.295 e. The molecule has 2 N–H and O–H groups in total. The quantitative estimate of drug-likeness (QED) is 0.237. The average Bonchev–Trinajstić information content (AvgIpc) is 2.98. The monoisotopic (exact) mass is 637 g/mol. The van der Waals surface area contributed by atoms with Gasteiger partial charge in [-0.05, 0) is 92.0 Å². The molecule has 0 radical (unpaired) electrons. The van der Waals surface area contributed by atoms with E-state index in [-0.39, 0.29) is 5.56 Å². The van der Waals surface area contributed by atoms with E-state index in [9.17, 15) is 25.9 Å². The molecule has 0 atom stereocenters. The van der Waals surface area contributed by atoms with Crippen LogP contribution in [0.15, 0.2) is 40.1 Å². The van der Waals surface area contributed by atoms with E-state index < -0.39 is 30.0 Å². The highest BCUT2D eigenvalue weighted by Crippen LogP contribution is 2.49. The summed E-state index contributed by atoms with van der Waals surface area (Å²) in [6.45, 7) is 10.7. The van der Waals surface area contributed by atoms with E-state index in [1.54, 1.807) is 0 Å². The number of benzene rings is 3. The topological polar surface area (TPSA) is 121 Å². The van der Waals surface area contributed by atoms with Gasteiger partial charge in [0.2, 0.25) is 0 Å². The second kappa shape index (κ2) is 11.6. The maximum absolute atomic E-state index is 12.9. The molecule has 0 aliphatic carbocycles. The first-order valence-corrected chi connectivity index (χ1v) is 18.4. The van der Waals surface area contributed by atoms with Gasteiger partial charge in [-0.3, -0.25) is 9.11 Å². The van der Waals surface area contributed by atoms with E-state index in [4.69, 9.17) is 4.74 Å². The van der Waals surface area contributed by atoms with Crippen LogP contribution in [0.4, 0.5) is 5.69 Å². The normalized spacial score (nSPS) is 15.8. The van der Waals surface area contributed by atoms with Crippen molar-refractivity contribution in [3.05, 3.63) is 74.1 Å². The average molecular weight is 638 g/mol. The summed E-state index contributed by atoms with van der Waals surface area (Å²) < 4.78 is 77.0. The third-order valence-corrected chi connectivity index (χ3v) is 10.9. The van der Waals surface area contributed by atoms with Crippen molar-refractivity contribution in [3.8, 4) is 11.5 Å². The molecule has 0 bridgehead atoms. The zero-order valence-corrected chi connectivity index (χ0v) is 26.9. The fourth-order valence-corrected chi connectivity index (χ4v) is 8.39. The van der Waals surface area contributed by atoms with Crippen LogP contribution in [0.2, 0.25) is 0 Å². The van der Waals surface area contributed by atoms with E-state index >= 15 is 0 Å². The van der Waals surface area contributed by atoms with Gasteiger partial charge in [-0.15, -0.1) is 0 Å². The molecule has 0 spiro atoms. The van der Waals surface area contributed by atoms with Gasteiger partial charge in [0.1, 0.15) is 16.4 Å². The predicted octanol–water partition coefficient (Wildman–Crippen LogP) is 5.33. The van der Waals surface area contributed by atoms with Crippen molar-refractivity contribution in [2.45, 2.75) is 87.8 Å². The number of hydrogen-bond donors (Lipinski definition) is 2. The van der Waals surface area contributed by atoms with Gasteiger partial charge in [0, 0.05) is 51.8 Å². The first kappa shape index (κ1) is 30.8. The van der Waals surface area contributed by atoms with Crippen molar-refractivity contribution < 1.29 is 30.7 Å². The summed E-state index contributed by atoms with van der Waals surface area (Å²) in [5, 5.41) is 1.63. The smallest absolute Gasteiger partial charge is 0.295 e. The Bertz CT molecular complexity index is 2000. The minimum absolute atomic E-state index is 0.154. The molecule has 3 aromatic rings. The Morgan fingerprint density at radius 1 is 0.864 bits per heavy atom. The maximum atomic E-state index is 12.9. The van der Waals surface area contributed by atoms with Crippen LogP contribution < -0.4 is 20.1 Å². The van der Waals surface area contributed by atoms with Crippen LogP contribution in [0.1, 0.15) is 85.8 Å². The highest BCUT2D eigenvalue weighted by atomic mass is 32.2. The molecule has 3 aliphatic rings. The summed E-state index contributed by atoms with van der Waals surface area (Å²) in [6, 6.07) is 7.49. The lowest BCUT2D eigenvalue weighted by Crippen LogP contribution is -2.35. The van der Waals surface area contributed by atoms with Crippen LogP contribution in [-0.4, -0.2) is 39.0 Å². The van der Waals surface area contributed by atoms with Gasteiger partial charge < -0.3 is 9.64 Å². The van der Waals surface area contributed by atoms with Crippen LogP contribution >= 0.6 is 0 Å². The molecular formula is C34H39NO7S2.